The number of rotatable bonds is 5. The number of nitrogens with one attached hydrogen (secondary N) is 1. The van der Waals surface area contributed by atoms with E-state index in [9.17, 15) is 20.0 Å². The van der Waals surface area contributed by atoms with E-state index in [1.54, 1.807) is 0 Å². The Bertz CT molecular complexity index is 474. The third-order valence-electron chi connectivity index (χ3n) is 3.57. The highest BCUT2D eigenvalue weighted by Crippen LogP contribution is 2.31. The number of hydrogen-bond acceptors (Lipinski definition) is 5. The fourth-order valence-corrected chi connectivity index (χ4v) is 3.22. The highest BCUT2D eigenvalue weighted by Gasteiger charge is 2.27. The van der Waals surface area contributed by atoms with Gasteiger partial charge in [0.2, 0.25) is 0 Å². The van der Waals surface area contributed by atoms with Gasteiger partial charge in [0.05, 0.1) is 9.80 Å². The average Bonchev–Trinajstić information content (AvgIpc) is 3.04. The molecule has 1 saturated carbocycles. The summed E-state index contributed by atoms with van der Waals surface area (Å²) in [5.74, 6) is 0.295. The lowest BCUT2D eigenvalue weighted by molar-refractivity contribution is -0.380. The minimum atomic E-state index is -0.500. The Hall–Kier alpha value is -1.47. The Balaban J connectivity index is 1.88. The predicted molar refractivity (Wildman–Crippen MR) is 71.2 cm³/mol. The summed E-state index contributed by atoms with van der Waals surface area (Å²) in [5, 5.41) is 22.5. The van der Waals surface area contributed by atoms with Gasteiger partial charge in [0.15, 0.2) is 0 Å². The van der Waals surface area contributed by atoms with Crippen molar-refractivity contribution < 1.29 is 14.8 Å². The lowest BCUT2D eigenvalue weighted by atomic mass is 9.97. The van der Waals surface area contributed by atoms with Crippen LogP contribution in [-0.4, -0.2) is 29.1 Å². The molecule has 0 radical (unpaired) electrons. The summed E-state index contributed by atoms with van der Waals surface area (Å²) < 4.78 is 0. The number of carbonyl (C=O) groups is 1. The van der Waals surface area contributed by atoms with E-state index in [4.69, 9.17) is 0 Å². The summed E-state index contributed by atoms with van der Waals surface area (Å²) in [6.07, 6.45) is 3.09. The van der Waals surface area contributed by atoms with Gasteiger partial charge >= 0.3 is 5.00 Å². The van der Waals surface area contributed by atoms with E-state index >= 15 is 0 Å². The normalized spacial score (nSPS) is 22.4. The van der Waals surface area contributed by atoms with Crippen LogP contribution in [0.1, 0.15) is 28.9 Å². The van der Waals surface area contributed by atoms with Gasteiger partial charge in [-0.15, -0.1) is 0 Å². The van der Waals surface area contributed by atoms with Crippen LogP contribution in [0.25, 0.3) is 0 Å². The zero-order valence-corrected chi connectivity index (χ0v) is 11.2. The molecule has 1 amide bonds. The van der Waals surface area contributed by atoms with Gasteiger partial charge < -0.3 is 10.4 Å². The Morgan fingerprint density at radius 3 is 2.84 bits per heavy atom. The van der Waals surface area contributed by atoms with Crippen LogP contribution in [0.4, 0.5) is 5.00 Å². The molecule has 0 saturated heterocycles. The summed E-state index contributed by atoms with van der Waals surface area (Å²) in [5.41, 5.74) is 0. The standard InChI is InChI=1S/C12H16N2O4S/c15-7-9-3-1-2-8(9)6-13-12(16)10-4-5-11(19-10)14(17)18/h4-5,8-9,15H,1-3,6-7H2,(H,13,16). The molecule has 104 valence electrons. The second-order valence-corrected chi connectivity index (χ2v) is 5.80. The van der Waals surface area contributed by atoms with Crippen molar-refractivity contribution in [1.82, 2.24) is 5.32 Å². The fraction of sp³-hybridized carbons (Fsp3) is 0.583. The summed E-state index contributed by atoms with van der Waals surface area (Å²) in [6.45, 7) is 0.681. The summed E-state index contributed by atoms with van der Waals surface area (Å²) in [7, 11) is 0. The second-order valence-electron chi connectivity index (χ2n) is 4.74. The van der Waals surface area contributed by atoms with E-state index in [1.807, 2.05) is 0 Å². The smallest absolute Gasteiger partial charge is 0.324 e. The van der Waals surface area contributed by atoms with E-state index in [-0.39, 0.29) is 23.4 Å². The fourth-order valence-electron chi connectivity index (χ4n) is 2.48. The van der Waals surface area contributed by atoms with Crippen LogP contribution in [0.5, 0.6) is 0 Å². The van der Waals surface area contributed by atoms with Crippen molar-refractivity contribution in [3.8, 4) is 0 Å². The van der Waals surface area contributed by atoms with Crippen LogP contribution in [0.3, 0.4) is 0 Å². The highest BCUT2D eigenvalue weighted by atomic mass is 32.1. The summed E-state index contributed by atoms with van der Waals surface area (Å²) in [4.78, 5) is 22.2. The van der Waals surface area contributed by atoms with Crippen molar-refractivity contribution in [3.63, 3.8) is 0 Å². The molecule has 0 bridgehead atoms. The number of aliphatic hydroxyl groups excluding tert-OH is 1. The number of nitro groups is 1. The molecule has 1 heterocycles. The predicted octanol–water partition coefficient (Wildman–Crippen LogP) is 1.79. The molecule has 0 aromatic carbocycles. The van der Waals surface area contributed by atoms with Gasteiger partial charge in [-0.25, -0.2) is 0 Å². The van der Waals surface area contributed by atoms with Crippen molar-refractivity contribution in [1.29, 1.82) is 0 Å². The maximum atomic E-state index is 11.8. The maximum Gasteiger partial charge on any atom is 0.324 e. The molecule has 2 unspecified atom stereocenters. The molecule has 2 N–H and O–H groups in total. The van der Waals surface area contributed by atoms with Gasteiger partial charge in [-0.1, -0.05) is 17.8 Å². The zero-order valence-electron chi connectivity index (χ0n) is 10.4. The molecule has 0 spiro atoms. The van der Waals surface area contributed by atoms with Crippen molar-refractivity contribution in [3.05, 3.63) is 27.1 Å². The van der Waals surface area contributed by atoms with Crippen LogP contribution in [0.15, 0.2) is 12.1 Å². The average molecular weight is 284 g/mol. The second kappa shape index (κ2) is 6.12. The zero-order chi connectivity index (χ0) is 13.8. The van der Waals surface area contributed by atoms with E-state index in [2.05, 4.69) is 5.32 Å². The third kappa shape index (κ3) is 3.30. The Morgan fingerprint density at radius 2 is 2.21 bits per heavy atom. The number of hydrogen-bond donors (Lipinski definition) is 2. The molecule has 7 heteroatoms. The maximum absolute atomic E-state index is 11.8. The van der Waals surface area contributed by atoms with Crippen molar-refractivity contribution in [2.75, 3.05) is 13.2 Å². The van der Waals surface area contributed by atoms with E-state index in [0.717, 1.165) is 30.6 Å². The molecule has 1 aliphatic carbocycles. The summed E-state index contributed by atoms with van der Waals surface area (Å²) >= 11 is 0.878. The molecule has 2 atom stereocenters. The lowest BCUT2D eigenvalue weighted by Crippen LogP contribution is -2.31. The Morgan fingerprint density at radius 1 is 1.47 bits per heavy atom. The van der Waals surface area contributed by atoms with Crippen LogP contribution in [0.2, 0.25) is 0 Å². The van der Waals surface area contributed by atoms with Gasteiger partial charge in [-0.3, -0.25) is 14.9 Å². The topological polar surface area (TPSA) is 92.5 Å². The van der Waals surface area contributed by atoms with Crippen LogP contribution < -0.4 is 5.32 Å². The van der Waals surface area contributed by atoms with Crippen molar-refractivity contribution in [2.45, 2.75) is 19.3 Å². The number of carbonyl (C=O) groups excluding carboxylic acids is 1. The monoisotopic (exact) mass is 284 g/mol. The quantitative estimate of drug-likeness (QED) is 0.637. The van der Waals surface area contributed by atoms with Gasteiger partial charge in [0, 0.05) is 19.2 Å². The number of aliphatic hydroxyl groups is 1. The van der Waals surface area contributed by atoms with Gasteiger partial charge in [-0.05, 0) is 30.7 Å². The molecule has 1 aromatic heterocycles. The van der Waals surface area contributed by atoms with Crippen LogP contribution in [-0.2, 0) is 0 Å². The first kappa shape index (κ1) is 14.0. The molecule has 0 aliphatic heterocycles. The highest BCUT2D eigenvalue weighted by molar-refractivity contribution is 7.17. The van der Waals surface area contributed by atoms with E-state index in [0.29, 0.717) is 17.3 Å². The van der Waals surface area contributed by atoms with Gasteiger partial charge in [0.1, 0.15) is 0 Å². The van der Waals surface area contributed by atoms with Crippen molar-refractivity contribution >= 4 is 22.2 Å². The third-order valence-corrected chi connectivity index (χ3v) is 4.61. The molecule has 1 aliphatic rings. The molecule has 1 aromatic rings. The molecular weight excluding hydrogens is 268 g/mol. The first-order valence-corrected chi connectivity index (χ1v) is 7.06. The number of nitrogens with zero attached hydrogens (tertiary/aromatic N) is 1. The number of thiophene rings is 1. The molecular formula is C12H16N2O4S. The van der Waals surface area contributed by atoms with E-state index < -0.39 is 4.92 Å². The minimum absolute atomic E-state index is 0.0285. The number of amides is 1. The molecule has 2 rings (SSSR count). The van der Waals surface area contributed by atoms with E-state index in [1.165, 1.54) is 12.1 Å². The molecule has 6 nitrogen and oxygen atoms in total. The first-order chi connectivity index (χ1) is 9.11. The Labute approximate surface area is 114 Å². The van der Waals surface area contributed by atoms with Crippen LogP contribution >= 0.6 is 11.3 Å². The van der Waals surface area contributed by atoms with Crippen LogP contribution in [0, 0.1) is 22.0 Å². The van der Waals surface area contributed by atoms with Gasteiger partial charge in [-0.2, -0.15) is 0 Å². The Kier molecular flexibility index (Phi) is 4.49. The van der Waals surface area contributed by atoms with Gasteiger partial charge in [0.25, 0.3) is 5.91 Å². The SMILES string of the molecule is O=C(NCC1CCCC1CO)c1ccc([N+](=O)[O-])s1. The largest absolute Gasteiger partial charge is 0.396 e. The summed E-state index contributed by atoms with van der Waals surface area (Å²) in [6, 6.07) is 2.81. The molecule has 1 fully saturated rings. The molecule has 19 heavy (non-hydrogen) atoms. The first-order valence-electron chi connectivity index (χ1n) is 6.25. The van der Waals surface area contributed by atoms with Crippen molar-refractivity contribution in [2.24, 2.45) is 11.8 Å². The minimum Gasteiger partial charge on any atom is -0.396 e. The lowest BCUT2D eigenvalue weighted by Gasteiger charge is -2.17.